The van der Waals surface area contributed by atoms with E-state index in [9.17, 15) is 13.2 Å². The molecule has 0 saturated carbocycles. The third-order valence-corrected chi connectivity index (χ3v) is 2.46. The van der Waals surface area contributed by atoms with Gasteiger partial charge in [0.2, 0.25) is 0 Å². The zero-order valence-corrected chi connectivity index (χ0v) is 9.91. The van der Waals surface area contributed by atoms with Gasteiger partial charge in [0.05, 0.1) is 9.50 Å². The molecule has 1 unspecified atom stereocenters. The molecule has 1 N–H and O–H groups in total. The first-order valence-corrected chi connectivity index (χ1v) is 5.12. The maximum Gasteiger partial charge on any atom is 0.408 e. The van der Waals surface area contributed by atoms with E-state index in [2.05, 4.69) is 26.2 Å². The van der Waals surface area contributed by atoms with E-state index in [0.29, 0.717) is 9.50 Å². The van der Waals surface area contributed by atoms with Gasteiger partial charge in [-0.25, -0.2) is 4.98 Å². The van der Waals surface area contributed by atoms with Gasteiger partial charge in [0.25, 0.3) is 0 Å². The van der Waals surface area contributed by atoms with E-state index in [1.807, 2.05) is 0 Å². The second-order valence-corrected chi connectivity index (χ2v) is 4.18. The molecule has 1 aromatic rings. The van der Waals surface area contributed by atoms with Crippen molar-refractivity contribution in [2.24, 2.45) is 0 Å². The number of rotatable bonds is 2. The van der Waals surface area contributed by atoms with Crippen molar-refractivity contribution < 1.29 is 13.2 Å². The van der Waals surface area contributed by atoms with E-state index < -0.39 is 12.2 Å². The summed E-state index contributed by atoms with van der Waals surface area (Å²) in [5.74, 6) is 0.115. The first kappa shape index (κ1) is 12.6. The fourth-order valence-electron chi connectivity index (χ4n) is 0.808. The molecule has 1 heterocycles. The molecule has 0 aromatic carbocycles. The van der Waals surface area contributed by atoms with Crippen molar-refractivity contribution in [3.8, 4) is 0 Å². The maximum atomic E-state index is 12.2. The highest BCUT2D eigenvalue weighted by Gasteiger charge is 2.36. The number of nitrogens with one attached hydrogen (secondary N) is 1. The molecule has 0 aliphatic rings. The molecular weight excluding hydrogens is 296 g/mol. The minimum absolute atomic E-state index is 0.115. The molecule has 1 atom stereocenters. The number of alkyl halides is 3. The van der Waals surface area contributed by atoms with Crippen molar-refractivity contribution in [3.05, 3.63) is 21.8 Å². The van der Waals surface area contributed by atoms with Crippen molar-refractivity contribution in [2.45, 2.75) is 19.1 Å². The van der Waals surface area contributed by atoms with Crippen molar-refractivity contribution in [2.75, 3.05) is 5.32 Å². The molecule has 0 amide bonds. The molecule has 0 radical (unpaired) electrons. The molecule has 84 valence electrons. The van der Waals surface area contributed by atoms with Crippen LogP contribution in [0, 0.1) is 0 Å². The van der Waals surface area contributed by atoms with Crippen LogP contribution in [0.5, 0.6) is 0 Å². The average molecular weight is 304 g/mol. The fourth-order valence-corrected chi connectivity index (χ4v) is 1.56. The van der Waals surface area contributed by atoms with Gasteiger partial charge in [0.15, 0.2) is 0 Å². The van der Waals surface area contributed by atoms with Gasteiger partial charge < -0.3 is 5.32 Å². The quantitative estimate of drug-likeness (QED) is 0.897. The van der Waals surface area contributed by atoms with Gasteiger partial charge in [0.1, 0.15) is 11.9 Å². The lowest BCUT2D eigenvalue weighted by atomic mass is 10.3. The van der Waals surface area contributed by atoms with Crippen LogP contribution in [0.3, 0.4) is 0 Å². The summed E-state index contributed by atoms with van der Waals surface area (Å²) in [6.45, 7) is 1.02. The van der Waals surface area contributed by atoms with Gasteiger partial charge in [-0.05, 0) is 28.9 Å². The van der Waals surface area contributed by atoms with Crippen molar-refractivity contribution in [1.29, 1.82) is 0 Å². The van der Waals surface area contributed by atoms with E-state index in [-0.39, 0.29) is 5.82 Å². The lowest BCUT2D eigenvalue weighted by Crippen LogP contribution is -2.33. The molecule has 0 aliphatic heterocycles. The predicted molar refractivity (Wildman–Crippen MR) is 56.1 cm³/mol. The van der Waals surface area contributed by atoms with Crippen LogP contribution in [0.1, 0.15) is 6.92 Å². The predicted octanol–water partition coefficient (Wildman–Crippen LogP) is 3.86. The lowest BCUT2D eigenvalue weighted by Gasteiger charge is -2.18. The normalized spacial score (nSPS) is 13.7. The smallest absolute Gasteiger partial charge is 0.358 e. The summed E-state index contributed by atoms with van der Waals surface area (Å²) in [5.41, 5.74) is 0. The molecule has 2 nitrogen and oxygen atoms in total. The molecule has 7 heteroatoms. The van der Waals surface area contributed by atoms with E-state index >= 15 is 0 Å². The summed E-state index contributed by atoms with van der Waals surface area (Å²) in [6.07, 6.45) is -3.03. The maximum absolute atomic E-state index is 12.2. The number of halogens is 5. The monoisotopic (exact) mass is 302 g/mol. The Morgan fingerprint density at radius 2 is 2.13 bits per heavy atom. The van der Waals surface area contributed by atoms with Gasteiger partial charge in [0, 0.05) is 6.20 Å². The van der Waals surface area contributed by atoms with Crippen LogP contribution in [0.4, 0.5) is 19.0 Å². The van der Waals surface area contributed by atoms with Crippen LogP contribution in [0.25, 0.3) is 0 Å². The third-order valence-electron chi connectivity index (χ3n) is 1.65. The Labute approximate surface area is 98.0 Å². The van der Waals surface area contributed by atoms with E-state index in [0.717, 1.165) is 6.92 Å². The van der Waals surface area contributed by atoms with Crippen molar-refractivity contribution >= 4 is 33.3 Å². The zero-order valence-electron chi connectivity index (χ0n) is 7.57. The topological polar surface area (TPSA) is 24.9 Å². The van der Waals surface area contributed by atoms with Gasteiger partial charge >= 0.3 is 6.18 Å². The fraction of sp³-hybridized carbons (Fsp3) is 0.375. The second kappa shape index (κ2) is 4.57. The summed E-state index contributed by atoms with van der Waals surface area (Å²) < 4.78 is 37.0. The van der Waals surface area contributed by atoms with Crippen LogP contribution < -0.4 is 5.32 Å². The Bertz CT molecular complexity index is 356. The van der Waals surface area contributed by atoms with Crippen LogP contribution in [0.15, 0.2) is 16.7 Å². The zero-order chi connectivity index (χ0) is 11.6. The largest absolute Gasteiger partial charge is 0.408 e. The Hall–Kier alpha value is -0.490. The van der Waals surface area contributed by atoms with E-state index in [1.54, 1.807) is 0 Å². The summed E-state index contributed by atoms with van der Waals surface area (Å²) >= 11 is 8.67. The minimum Gasteiger partial charge on any atom is -0.358 e. The third kappa shape index (κ3) is 3.53. The van der Waals surface area contributed by atoms with Crippen LogP contribution in [0.2, 0.25) is 5.02 Å². The molecule has 0 aliphatic carbocycles. The van der Waals surface area contributed by atoms with Gasteiger partial charge in [-0.2, -0.15) is 13.2 Å². The Kier molecular flexibility index (Phi) is 3.83. The van der Waals surface area contributed by atoms with Crippen LogP contribution in [-0.2, 0) is 0 Å². The van der Waals surface area contributed by atoms with Crippen LogP contribution in [-0.4, -0.2) is 17.2 Å². The Morgan fingerprint density at radius 1 is 1.53 bits per heavy atom. The van der Waals surface area contributed by atoms with Crippen molar-refractivity contribution in [3.63, 3.8) is 0 Å². The number of aromatic nitrogens is 1. The second-order valence-electron chi connectivity index (χ2n) is 2.89. The minimum atomic E-state index is -4.30. The molecule has 1 aromatic heterocycles. The van der Waals surface area contributed by atoms with E-state index in [4.69, 9.17) is 11.6 Å². The van der Waals surface area contributed by atoms with Crippen molar-refractivity contribution in [1.82, 2.24) is 4.98 Å². The molecule has 1 rings (SSSR count). The number of hydrogen-bond donors (Lipinski definition) is 1. The summed E-state index contributed by atoms with van der Waals surface area (Å²) in [4.78, 5) is 3.74. The Balaban J connectivity index is 2.82. The lowest BCUT2D eigenvalue weighted by molar-refractivity contribution is -0.138. The van der Waals surface area contributed by atoms with E-state index in [1.165, 1.54) is 12.3 Å². The van der Waals surface area contributed by atoms with Gasteiger partial charge in [-0.1, -0.05) is 11.6 Å². The van der Waals surface area contributed by atoms with Gasteiger partial charge in [-0.3, -0.25) is 0 Å². The summed E-state index contributed by atoms with van der Waals surface area (Å²) in [6, 6.07) is -0.192. The standard InChI is InChI=1S/C8H7BrClF3N2/c1-4(8(11,12)13)15-7-6(9)2-5(10)3-14-7/h2-4H,1H3,(H,14,15). The molecule has 0 fully saturated rings. The Morgan fingerprint density at radius 3 is 2.60 bits per heavy atom. The molecule has 0 bridgehead atoms. The summed E-state index contributed by atoms with van der Waals surface area (Å²) in [5, 5.41) is 2.59. The number of pyridine rings is 1. The molecular formula is C8H7BrClF3N2. The highest BCUT2D eigenvalue weighted by Crippen LogP contribution is 2.27. The van der Waals surface area contributed by atoms with Gasteiger partial charge in [-0.15, -0.1) is 0 Å². The molecule has 0 saturated heterocycles. The number of hydrogen-bond acceptors (Lipinski definition) is 2. The SMILES string of the molecule is CC(Nc1ncc(Cl)cc1Br)C(F)(F)F. The first-order chi connectivity index (χ1) is 6.80. The highest BCUT2D eigenvalue weighted by molar-refractivity contribution is 9.10. The highest BCUT2D eigenvalue weighted by atomic mass is 79.9. The molecule has 0 spiro atoms. The number of anilines is 1. The number of nitrogens with zero attached hydrogens (tertiary/aromatic N) is 1. The first-order valence-electron chi connectivity index (χ1n) is 3.95. The van der Waals surface area contributed by atoms with Crippen LogP contribution >= 0.6 is 27.5 Å². The average Bonchev–Trinajstić information content (AvgIpc) is 2.08. The molecule has 15 heavy (non-hydrogen) atoms. The summed E-state index contributed by atoms with van der Waals surface area (Å²) in [7, 11) is 0.